The zero-order valence-corrected chi connectivity index (χ0v) is 16.9. The Morgan fingerprint density at radius 3 is 2.77 bits per heavy atom. The molecule has 1 saturated carbocycles. The third-order valence-corrected chi connectivity index (χ3v) is 5.28. The van der Waals surface area contributed by atoms with Crippen LogP contribution in [0.1, 0.15) is 37.8 Å². The van der Waals surface area contributed by atoms with Gasteiger partial charge in [0.15, 0.2) is 0 Å². The van der Waals surface area contributed by atoms with Gasteiger partial charge >= 0.3 is 0 Å². The molecule has 2 heterocycles. The first-order chi connectivity index (χ1) is 14.3. The molecule has 3 rings (SSSR count). The Bertz CT molecular complexity index is 724. The third-order valence-electron chi connectivity index (χ3n) is 5.28. The molecule has 0 aromatic carbocycles. The van der Waals surface area contributed by atoms with Crippen LogP contribution in [0.3, 0.4) is 0 Å². The minimum absolute atomic E-state index is 0.00667. The second kappa shape index (κ2) is 11.3. The summed E-state index contributed by atoms with van der Waals surface area (Å²) in [5.41, 5.74) is 0.668. The monoisotopic (exact) mass is 424 g/mol. The summed E-state index contributed by atoms with van der Waals surface area (Å²) in [4.78, 5) is 48.1. The smallest absolute Gasteiger partial charge is 0.290 e. The highest BCUT2D eigenvalue weighted by Crippen LogP contribution is 2.27. The SMILES string of the molecule is CN(Cc1ccon1)C(=O)[C@H]1CC[C@@H](O)[C@H](NC(=O)CN2CCCC2=O)C1.O=CO. The minimum Gasteiger partial charge on any atom is -0.483 e. The molecule has 3 amide bonds. The van der Waals surface area contributed by atoms with Crippen LogP contribution in [0.4, 0.5) is 0 Å². The van der Waals surface area contributed by atoms with E-state index in [1.165, 1.54) is 11.2 Å². The number of hydrogen-bond donors (Lipinski definition) is 3. The van der Waals surface area contributed by atoms with Crippen molar-refractivity contribution in [3.05, 3.63) is 18.0 Å². The van der Waals surface area contributed by atoms with E-state index in [1.54, 1.807) is 18.0 Å². The highest BCUT2D eigenvalue weighted by atomic mass is 16.5. The lowest BCUT2D eigenvalue weighted by atomic mass is 9.83. The second-order valence-corrected chi connectivity index (χ2v) is 7.46. The van der Waals surface area contributed by atoms with Crippen molar-refractivity contribution in [1.82, 2.24) is 20.3 Å². The van der Waals surface area contributed by atoms with Crippen LogP contribution in [0.15, 0.2) is 16.9 Å². The van der Waals surface area contributed by atoms with Crippen molar-refractivity contribution in [2.24, 2.45) is 5.92 Å². The number of nitrogens with one attached hydrogen (secondary N) is 1. The molecule has 166 valence electrons. The molecular formula is C19H28N4O7. The maximum Gasteiger partial charge on any atom is 0.290 e. The number of aliphatic hydroxyl groups excluding tert-OH is 1. The minimum atomic E-state index is -0.687. The fraction of sp³-hybridized carbons (Fsp3) is 0.632. The first-order valence-electron chi connectivity index (χ1n) is 9.83. The van der Waals surface area contributed by atoms with Crippen molar-refractivity contribution in [3.8, 4) is 0 Å². The van der Waals surface area contributed by atoms with E-state index in [4.69, 9.17) is 14.4 Å². The number of hydrogen-bond acceptors (Lipinski definition) is 7. The summed E-state index contributed by atoms with van der Waals surface area (Å²) in [6.07, 6.45) is 3.42. The van der Waals surface area contributed by atoms with Gasteiger partial charge in [-0.1, -0.05) is 5.16 Å². The first-order valence-corrected chi connectivity index (χ1v) is 9.83. The Balaban J connectivity index is 0.00000101. The van der Waals surface area contributed by atoms with Gasteiger partial charge in [-0.2, -0.15) is 0 Å². The topological polar surface area (TPSA) is 153 Å². The lowest BCUT2D eigenvalue weighted by Gasteiger charge is -2.35. The summed E-state index contributed by atoms with van der Waals surface area (Å²) in [5.74, 6) is -0.627. The average molecular weight is 424 g/mol. The number of aliphatic hydroxyl groups is 1. The number of likely N-dealkylation sites (tertiary alicyclic amines) is 1. The number of carbonyl (C=O) groups is 4. The first kappa shape index (κ1) is 23.3. The van der Waals surface area contributed by atoms with Crippen molar-refractivity contribution in [1.29, 1.82) is 0 Å². The second-order valence-electron chi connectivity index (χ2n) is 7.46. The molecule has 1 aliphatic heterocycles. The molecule has 2 fully saturated rings. The lowest BCUT2D eigenvalue weighted by Crippen LogP contribution is -2.51. The van der Waals surface area contributed by atoms with Gasteiger partial charge in [-0.15, -0.1) is 0 Å². The van der Waals surface area contributed by atoms with Crippen molar-refractivity contribution < 1.29 is 33.9 Å². The maximum absolute atomic E-state index is 12.7. The maximum atomic E-state index is 12.7. The normalized spacial score (nSPS) is 23.3. The van der Waals surface area contributed by atoms with E-state index in [9.17, 15) is 19.5 Å². The zero-order valence-electron chi connectivity index (χ0n) is 16.9. The molecule has 11 nitrogen and oxygen atoms in total. The highest BCUT2D eigenvalue weighted by molar-refractivity contribution is 5.86. The molecule has 2 aliphatic rings. The molecule has 3 atom stereocenters. The predicted molar refractivity (Wildman–Crippen MR) is 103 cm³/mol. The van der Waals surface area contributed by atoms with Crippen LogP contribution >= 0.6 is 0 Å². The summed E-state index contributed by atoms with van der Waals surface area (Å²) >= 11 is 0. The molecule has 1 aromatic heterocycles. The van der Waals surface area contributed by atoms with Gasteiger partial charge in [0.05, 0.1) is 25.2 Å². The molecule has 3 N–H and O–H groups in total. The number of amides is 3. The summed E-state index contributed by atoms with van der Waals surface area (Å²) in [6.45, 7) is 0.697. The van der Waals surface area contributed by atoms with Crippen molar-refractivity contribution >= 4 is 24.2 Å². The Labute approximate surface area is 174 Å². The van der Waals surface area contributed by atoms with Crippen LogP contribution < -0.4 is 5.32 Å². The number of rotatable bonds is 6. The Morgan fingerprint density at radius 1 is 1.43 bits per heavy atom. The van der Waals surface area contributed by atoms with Gasteiger partial charge in [0.2, 0.25) is 17.7 Å². The van der Waals surface area contributed by atoms with Crippen molar-refractivity contribution in [3.63, 3.8) is 0 Å². The molecular weight excluding hydrogens is 396 g/mol. The zero-order chi connectivity index (χ0) is 22.1. The molecule has 1 saturated heterocycles. The third kappa shape index (κ3) is 6.55. The summed E-state index contributed by atoms with van der Waals surface area (Å²) in [7, 11) is 1.70. The molecule has 30 heavy (non-hydrogen) atoms. The lowest BCUT2D eigenvalue weighted by molar-refractivity contribution is -0.138. The van der Waals surface area contributed by atoms with E-state index in [1.807, 2.05) is 0 Å². The van der Waals surface area contributed by atoms with E-state index < -0.39 is 12.1 Å². The van der Waals surface area contributed by atoms with Crippen LogP contribution in [0.2, 0.25) is 0 Å². The highest BCUT2D eigenvalue weighted by Gasteiger charge is 2.35. The van der Waals surface area contributed by atoms with Gasteiger partial charge in [-0.05, 0) is 25.7 Å². The summed E-state index contributed by atoms with van der Waals surface area (Å²) in [5, 5.41) is 23.7. The molecule has 0 unspecified atom stereocenters. The van der Waals surface area contributed by atoms with Crippen LogP contribution in [-0.4, -0.2) is 81.6 Å². The van der Waals surface area contributed by atoms with Crippen molar-refractivity contribution in [2.45, 2.75) is 50.8 Å². The largest absolute Gasteiger partial charge is 0.483 e. The van der Waals surface area contributed by atoms with Crippen molar-refractivity contribution in [2.75, 3.05) is 20.1 Å². The van der Waals surface area contributed by atoms with Gasteiger partial charge < -0.3 is 29.9 Å². The fourth-order valence-electron chi connectivity index (χ4n) is 3.78. The molecule has 0 radical (unpaired) electrons. The van der Waals surface area contributed by atoms with Crippen LogP contribution in [0.25, 0.3) is 0 Å². The Morgan fingerprint density at radius 2 is 2.17 bits per heavy atom. The van der Waals surface area contributed by atoms with E-state index in [2.05, 4.69) is 10.5 Å². The predicted octanol–water partition coefficient (Wildman–Crippen LogP) is -0.398. The molecule has 0 spiro atoms. The molecule has 1 aromatic rings. The van der Waals surface area contributed by atoms with Crippen LogP contribution in [0.5, 0.6) is 0 Å². The number of aromatic nitrogens is 1. The van der Waals surface area contributed by atoms with Gasteiger partial charge in [0, 0.05) is 32.0 Å². The Kier molecular flexibility index (Phi) is 8.78. The van der Waals surface area contributed by atoms with Gasteiger partial charge in [-0.25, -0.2) is 0 Å². The quantitative estimate of drug-likeness (QED) is 0.522. The average Bonchev–Trinajstić information content (AvgIpc) is 3.35. The summed E-state index contributed by atoms with van der Waals surface area (Å²) < 4.78 is 4.78. The molecule has 11 heteroatoms. The van der Waals surface area contributed by atoms with Crippen LogP contribution in [-0.2, 0) is 25.7 Å². The fourth-order valence-corrected chi connectivity index (χ4v) is 3.78. The van der Waals surface area contributed by atoms with Gasteiger partial charge in [-0.3, -0.25) is 19.2 Å². The van der Waals surface area contributed by atoms with E-state index in [-0.39, 0.29) is 36.7 Å². The van der Waals surface area contributed by atoms with E-state index in [0.29, 0.717) is 44.5 Å². The number of carboxylic acid groups (broad SMARTS) is 1. The number of nitrogens with zero attached hydrogens (tertiary/aromatic N) is 3. The van der Waals surface area contributed by atoms with Gasteiger partial charge in [0.1, 0.15) is 12.0 Å². The van der Waals surface area contributed by atoms with E-state index in [0.717, 1.165) is 6.42 Å². The molecule has 0 bridgehead atoms. The van der Waals surface area contributed by atoms with Crippen LogP contribution in [0, 0.1) is 5.92 Å². The summed E-state index contributed by atoms with van der Waals surface area (Å²) in [6, 6.07) is 1.22. The molecule has 1 aliphatic carbocycles. The Hall–Kier alpha value is -2.95. The van der Waals surface area contributed by atoms with Gasteiger partial charge in [0.25, 0.3) is 6.47 Å². The van der Waals surface area contributed by atoms with E-state index >= 15 is 0 Å². The standard InChI is InChI=1S/C18H26N4O5.CH2O2/c1-21(10-13-6-8-27-20-13)18(26)12-4-5-15(23)14(9-12)19-16(24)11-22-7-2-3-17(22)25;2-1-3/h6,8,12,14-15,23H,2-5,7,9-11H2,1H3,(H,19,24);1H,(H,2,3)/t12-,14+,15+;/m0./s1. The number of carbonyl (C=O) groups excluding carboxylic acids is 3.